The molecule has 0 saturated heterocycles. The van der Waals surface area contributed by atoms with Crippen LogP contribution in [0.5, 0.6) is 11.5 Å². The Hall–Kier alpha value is -0.930. The Morgan fingerprint density at radius 3 is 2.84 bits per heavy atom. The van der Waals surface area contributed by atoms with E-state index in [-0.39, 0.29) is 0 Å². The molecule has 0 amide bonds. The van der Waals surface area contributed by atoms with Crippen molar-refractivity contribution in [3.8, 4) is 11.5 Å². The van der Waals surface area contributed by atoms with Crippen molar-refractivity contribution in [2.45, 2.75) is 32.7 Å². The summed E-state index contributed by atoms with van der Waals surface area (Å²) >= 11 is 6.27. The molecule has 3 rings (SSSR count). The Labute approximate surface area is 119 Å². The molecule has 0 radical (unpaired) electrons. The van der Waals surface area contributed by atoms with E-state index in [0.717, 1.165) is 30.8 Å². The minimum absolute atomic E-state index is 0.523. The number of halogens is 1. The maximum Gasteiger partial charge on any atom is 0.179 e. The SMILES string of the molecule is CC1(CNCc2cc(Cl)c3c(c2)OCCCO3)CC1. The van der Waals surface area contributed by atoms with Crippen molar-refractivity contribution < 1.29 is 9.47 Å². The summed E-state index contributed by atoms with van der Waals surface area (Å²) < 4.78 is 11.3. The van der Waals surface area contributed by atoms with Crippen LogP contribution in [-0.2, 0) is 6.54 Å². The lowest BCUT2D eigenvalue weighted by Crippen LogP contribution is -2.21. The number of nitrogens with one attached hydrogen (secondary N) is 1. The average molecular weight is 282 g/mol. The third kappa shape index (κ3) is 3.15. The molecule has 0 bridgehead atoms. The van der Waals surface area contributed by atoms with Gasteiger partial charge in [0, 0.05) is 19.5 Å². The molecule has 1 aliphatic carbocycles. The first-order chi connectivity index (χ1) is 9.16. The summed E-state index contributed by atoms with van der Waals surface area (Å²) in [6.07, 6.45) is 3.57. The molecule has 4 heteroatoms. The summed E-state index contributed by atoms with van der Waals surface area (Å²) in [5.74, 6) is 1.47. The molecule has 0 atom stereocenters. The highest BCUT2D eigenvalue weighted by atomic mass is 35.5. The molecule has 1 aromatic carbocycles. The van der Waals surface area contributed by atoms with Crippen LogP contribution in [-0.4, -0.2) is 19.8 Å². The molecule has 1 fully saturated rings. The topological polar surface area (TPSA) is 30.5 Å². The molecule has 3 nitrogen and oxygen atoms in total. The van der Waals surface area contributed by atoms with Crippen molar-refractivity contribution in [1.29, 1.82) is 0 Å². The van der Waals surface area contributed by atoms with E-state index >= 15 is 0 Å². The van der Waals surface area contributed by atoms with Gasteiger partial charge in [-0.15, -0.1) is 0 Å². The number of fused-ring (bicyclic) bond motifs is 1. The summed E-state index contributed by atoms with van der Waals surface area (Å²) in [6, 6.07) is 4.01. The largest absolute Gasteiger partial charge is 0.489 e. The number of ether oxygens (including phenoxy) is 2. The van der Waals surface area contributed by atoms with Gasteiger partial charge in [0.15, 0.2) is 11.5 Å². The lowest BCUT2D eigenvalue weighted by molar-refractivity contribution is 0.297. The number of benzene rings is 1. The van der Waals surface area contributed by atoms with Gasteiger partial charge in [0.2, 0.25) is 0 Å². The van der Waals surface area contributed by atoms with E-state index < -0.39 is 0 Å². The molecule has 104 valence electrons. The van der Waals surface area contributed by atoms with Gasteiger partial charge in [-0.25, -0.2) is 0 Å². The van der Waals surface area contributed by atoms with Crippen LogP contribution in [0.1, 0.15) is 31.7 Å². The molecule has 0 aromatic heterocycles. The van der Waals surface area contributed by atoms with E-state index in [2.05, 4.69) is 12.2 Å². The van der Waals surface area contributed by atoms with Gasteiger partial charge in [-0.05, 0) is 36.0 Å². The second-order valence-electron chi connectivity index (χ2n) is 5.87. The van der Waals surface area contributed by atoms with E-state index in [4.69, 9.17) is 21.1 Å². The van der Waals surface area contributed by atoms with Gasteiger partial charge in [0.05, 0.1) is 18.2 Å². The Morgan fingerprint density at radius 1 is 1.26 bits per heavy atom. The smallest absolute Gasteiger partial charge is 0.179 e. The van der Waals surface area contributed by atoms with Gasteiger partial charge in [-0.3, -0.25) is 0 Å². The molecule has 1 heterocycles. The Kier molecular flexibility index (Phi) is 3.59. The Bertz CT molecular complexity index is 471. The van der Waals surface area contributed by atoms with E-state index in [9.17, 15) is 0 Å². The van der Waals surface area contributed by atoms with Crippen molar-refractivity contribution in [2.24, 2.45) is 5.41 Å². The second kappa shape index (κ2) is 5.22. The van der Waals surface area contributed by atoms with Gasteiger partial charge < -0.3 is 14.8 Å². The van der Waals surface area contributed by atoms with Gasteiger partial charge in [0.1, 0.15) is 0 Å². The summed E-state index contributed by atoms with van der Waals surface area (Å²) in [5, 5.41) is 4.15. The zero-order valence-corrected chi connectivity index (χ0v) is 12.1. The summed E-state index contributed by atoms with van der Waals surface area (Å²) in [6.45, 7) is 5.58. The predicted octanol–water partition coefficient (Wildman–Crippen LogP) is 3.39. The molecule has 1 saturated carbocycles. The van der Waals surface area contributed by atoms with Crippen molar-refractivity contribution in [3.05, 3.63) is 22.7 Å². The first-order valence-corrected chi connectivity index (χ1v) is 7.33. The zero-order chi connectivity index (χ0) is 13.3. The van der Waals surface area contributed by atoms with E-state index in [1.165, 1.54) is 12.8 Å². The fraction of sp³-hybridized carbons (Fsp3) is 0.600. The van der Waals surface area contributed by atoms with Crippen LogP contribution in [0.3, 0.4) is 0 Å². The van der Waals surface area contributed by atoms with E-state index in [1.807, 2.05) is 12.1 Å². The standard InChI is InChI=1S/C15H20ClNO2/c1-15(3-4-15)10-17-9-11-7-12(16)14-13(8-11)18-5-2-6-19-14/h7-8,17H,2-6,9-10H2,1H3. The third-order valence-corrected chi connectivity index (χ3v) is 4.13. The van der Waals surface area contributed by atoms with Crippen LogP contribution in [0, 0.1) is 5.41 Å². The van der Waals surface area contributed by atoms with Crippen molar-refractivity contribution in [1.82, 2.24) is 5.32 Å². The van der Waals surface area contributed by atoms with E-state index in [1.54, 1.807) is 0 Å². The van der Waals surface area contributed by atoms with Crippen LogP contribution >= 0.6 is 11.6 Å². The Balaban J connectivity index is 1.68. The molecule has 1 aliphatic heterocycles. The summed E-state index contributed by atoms with van der Waals surface area (Å²) in [5.41, 5.74) is 1.67. The number of hydrogen-bond donors (Lipinski definition) is 1. The monoisotopic (exact) mass is 281 g/mol. The van der Waals surface area contributed by atoms with Crippen LogP contribution in [0.15, 0.2) is 12.1 Å². The highest BCUT2D eigenvalue weighted by Gasteiger charge is 2.36. The number of rotatable bonds is 4. The maximum absolute atomic E-state index is 6.27. The van der Waals surface area contributed by atoms with Crippen molar-refractivity contribution in [2.75, 3.05) is 19.8 Å². The predicted molar refractivity (Wildman–Crippen MR) is 76.1 cm³/mol. The maximum atomic E-state index is 6.27. The molecule has 2 aliphatic rings. The number of hydrogen-bond acceptors (Lipinski definition) is 3. The molecule has 19 heavy (non-hydrogen) atoms. The normalized spacial score (nSPS) is 19.9. The van der Waals surface area contributed by atoms with Gasteiger partial charge >= 0.3 is 0 Å². The fourth-order valence-corrected chi connectivity index (χ4v) is 2.57. The molecule has 1 aromatic rings. The van der Waals surface area contributed by atoms with Gasteiger partial charge in [-0.1, -0.05) is 18.5 Å². The van der Waals surface area contributed by atoms with Gasteiger partial charge in [-0.2, -0.15) is 0 Å². The lowest BCUT2D eigenvalue weighted by Gasteiger charge is -2.13. The first-order valence-electron chi connectivity index (χ1n) is 6.95. The highest BCUT2D eigenvalue weighted by molar-refractivity contribution is 6.32. The third-order valence-electron chi connectivity index (χ3n) is 3.85. The summed E-state index contributed by atoms with van der Waals surface area (Å²) in [4.78, 5) is 0. The molecule has 0 spiro atoms. The second-order valence-corrected chi connectivity index (χ2v) is 6.28. The lowest BCUT2D eigenvalue weighted by atomic mass is 10.1. The Morgan fingerprint density at radius 2 is 2.05 bits per heavy atom. The summed E-state index contributed by atoms with van der Waals surface area (Å²) in [7, 11) is 0. The van der Waals surface area contributed by atoms with Crippen molar-refractivity contribution >= 4 is 11.6 Å². The van der Waals surface area contributed by atoms with Crippen LogP contribution in [0.2, 0.25) is 5.02 Å². The van der Waals surface area contributed by atoms with Crippen LogP contribution < -0.4 is 14.8 Å². The van der Waals surface area contributed by atoms with Gasteiger partial charge in [0.25, 0.3) is 0 Å². The zero-order valence-electron chi connectivity index (χ0n) is 11.3. The van der Waals surface area contributed by atoms with Crippen molar-refractivity contribution in [3.63, 3.8) is 0 Å². The van der Waals surface area contributed by atoms with Crippen LogP contribution in [0.4, 0.5) is 0 Å². The molecule has 1 N–H and O–H groups in total. The van der Waals surface area contributed by atoms with E-state index in [0.29, 0.717) is 29.4 Å². The highest BCUT2D eigenvalue weighted by Crippen LogP contribution is 2.44. The molecular formula is C15H20ClNO2. The quantitative estimate of drug-likeness (QED) is 0.918. The molecule has 0 unspecified atom stereocenters. The minimum atomic E-state index is 0.523. The minimum Gasteiger partial charge on any atom is -0.489 e. The van der Waals surface area contributed by atoms with Crippen LogP contribution in [0.25, 0.3) is 0 Å². The average Bonchev–Trinajstić information content (AvgIpc) is 3.13. The first kappa shape index (κ1) is 13.1. The fourth-order valence-electron chi connectivity index (χ4n) is 2.29. The molecular weight excluding hydrogens is 262 g/mol.